The molecule has 1 aromatic rings. The van der Waals surface area contributed by atoms with Gasteiger partial charge in [0.2, 0.25) is 5.28 Å². The van der Waals surface area contributed by atoms with Crippen LogP contribution < -0.4 is 0 Å². The molecule has 0 atom stereocenters. The Morgan fingerprint density at radius 2 is 1.79 bits per heavy atom. The van der Waals surface area contributed by atoms with Crippen LogP contribution >= 0.6 is 11.6 Å². The first-order valence-corrected chi connectivity index (χ1v) is 5.51. The van der Waals surface area contributed by atoms with Gasteiger partial charge in [0.1, 0.15) is 11.6 Å². The van der Waals surface area contributed by atoms with Crippen molar-refractivity contribution in [3.8, 4) is 0 Å². The van der Waals surface area contributed by atoms with Crippen molar-refractivity contribution >= 4 is 11.6 Å². The molecule has 0 bridgehead atoms. The van der Waals surface area contributed by atoms with Gasteiger partial charge in [0.15, 0.2) is 0 Å². The van der Waals surface area contributed by atoms with Crippen molar-refractivity contribution in [2.75, 3.05) is 0 Å². The van der Waals surface area contributed by atoms with E-state index in [-0.39, 0.29) is 0 Å². The molecule has 4 heteroatoms. The van der Waals surface area contributed by atoms with E-state index in [0.717, 1.165) is 11.6 Å². The third kappa shape index (κ3) is 2.21. The second-order valence-corrected chi connectivity index (χ2v) is 4.18. The Bertz CT molecular complexity index is 301. The summed E-state index contributed by atoms with van der Waals surface area (Å²) in [6, 6.07) is 0. The largest absolute Gasteiger partial charge is 0.225 e. The highest BCUT2D eigenvalue weighted by molar-refractivity contribution is 6.28. The van der Waals surface area contributed by atoms with Gasteiger partial charge in [-0.05, 0) is 31.4 Å². The maximum atomic E-state index is 5.81. The molecular formula is C10H14ClN3. The first-order chi connectivity index (χ1) is 6.75. The maximum absolute atomic E-state index is 5.81. The molecule has 2 rings (SSSR count). The van der Waals surface area contributed by atoms with Crippen molar-refractivity contribution in [1.82, 2.24) is 15.0 Å². The lowest BCUT2D eigenvalue weighted by atomic mass is 9.89. The van der Waals surface area contributed by atoms with Crippen molar-refractivity contribution in [1.29, 1.82) is 0 Å². The van der Waals surface area contributed by atoms with E-state index in [1.165, 1.54) is 32.1 Å². The van der Waals surface area contributed by atoms with E-state index in [1.54, 1.807) is 0 Å². The number of aromatic nitrogens is 3. The molecule has 1 aromatic heterocycles. The van der Waals surface area contributed by atoms with Gasteiger partial charge in [0.25, 0.3) is 0 Å². The van der Waals surface area contributed by atoms with E-state index in [0.29, 0.717) is 11.2 Å². The minimum atomic E-state index is 0.332. The Morgan fingerprint density at radius 3 is 2.43 bits per heavy atom. The molecule has 1 fully saturated rings. The Labute approximate surface area is 88.9 Å². The lowest BCUT2D eigenvalue weighted by Crippen LogP contribution is -2.10. The van der Waals surface area contributed by atoms with Gasteiger partial charge in [-0.2, -0.15) is 0 Å². The van der Waals surface area contributed by atoms with E-state index in [1.807, 2.05) is 6.92 Å². The van der Waals surface area contributed by atoms with Crippen molar-refractivity contribution in [3.63, 3.8) is 0 Å². The predicted molar refractivity (Wildman–Crippen MR) is 55.4 cm³/mol. The van der Waals surface area contributed by atoms with Crippen LogP contribution in [0.15, 0.2) is 0 Å². The third-order valence-electron chi connectivity index (χ3n) is 2.71. The first-order valence-electron chi connectivity index (χ1n) is 5.14. The highest BCUT2D eigenvalue weighted by atomic mass is 35.5. The van der Waals surface area contributed by atoms with Gasteiger partial charge in [0.05, 0.1) is 0 Å². The number of rotatable bonds is 1. The zero-order valence-electron chi connectivity index (χ0n) is 8.33. The van der Waals surface area contributed by atoms with Gasteiger partial charge in [-0.15, -0.1) is 0 Å². The van der Waals surface area contributed by atoms with Crippen LogP contribution in [-0.4, -0.2) is 15.0 Å². The molecule has 0 unspecified atom stereocenters. The van der Waals surface area contributed by atoms with E-state index < -0.39 is 0 Å². The molecule has 0 saturated heterocycles. The fourth-order valence-electron chi connectivity index (χ4n) is 2.01. The quantitative estimate of drug-likeness (QED) is 0.717. The molecule has 1 aliphatic carbocycles. The zero-order chi connectivity index (χ0) is 9.97. The summed E-state index contributed by atoms with van der Waals surface area (Å²) in [4.78, 5) is 12.5. The summed E-state index contributed by atoms with van der Waals surface area (Å²) in [6.45, 7) is 1.86. The predicted octanol–water partition coefficient (Wildman–Crippen LogP) is 2.88. The molecule has 0 aliphatic heterocycles. The summed E-state index contributed by atoms with van der Waals surface area (Å²) in [5, 5.41) is 0.332. The van der Waals surface area contributed by atoms with Crippen molar-refractivity contribution in [3.05, 3.63) is 16.9 Å². The van der Waals surface area contributed by atoms with E-state index in [9.17, 15) is 0 Å². The third-order valence-corrected chi connectivity index (χ3v) is 2.88. The molecule has 0 amide bonds. The van der Waals surface area contributed by atoms with Gasteiger partial charge >= 0.3 is 0 Å². The molecule has 76 valence electrons. The highest BCUT2D eigenvalue weighted by Gasteiger charge is 2.18. The Morgan fingerprint density at radius 1 is 1.07 bits per heavy atom. The molecule has 0 radical (unpaired) electrons. The summed E-state index contributed by atoms with van der Waals surface area (Å²) >= 11 is 5.81. The molecule has 0 N–H and O–H groups in total. The minimum absolute atomic E-state index is 0.332. The lowest BCUT2D eigenvalue weighted by molar-refractivity contribution is 0.427. The summed E-state index contributed by atoms with van der Waals surface area (Å²) < 4.78 is 0. The molecule has 1 heterocycles. The van der Waals surface area contributed by atoms with Gasteiger partial charge in [0, 0.05) is 5.92 Å². The summed E-state index contributed by atoms with van der Waals surface area (Å²) in [6.07, 6.45) is 6.30. The van der Waals surface area contributed by atoms with E-state index >= 15 is 0 Å². The van der Waals surface area contributed by atoms with Crippen LogP contribution in [-0.2, 0) is 0 Å². The molecule has 1 aliphatic rings. The van der Waals surface area contributed by atoms with Gasteiger partial charge < -0.3 is 0 Å². The summed E-state index contributed by atoms with van der Waals surface area (Å²) in [7, 11) is 0. The maximum Gasteiger partial charge on any atom is 0.225 e. The van der Waals surface area contributed by atoms with Crippen LogP contribution in [0.1, 0.15) is 49.7 Å². The van der Waals surface area contributed by atoms with Crippen LogP contribution in [0.2, 0.25) is 5.28 Å². The fraction of sp³-hybridized carbons (Fsp3) is 0.700. The van der Waals surface area contributed by atoms with Crippen LogP contribution in [0.25, 0.3) is 0 Å². The molecule has 14 heavy (non-hydrogen) atoms. The Kier molecular flexibility index (Phi) is 2.96. The van der Waals surface area contributed by atoms with E-state index in [4.69, 9.17) is 11.6 Å². The van der Waals surface area contributed by atoms with Crippen LogP contribution in [0.4, 0.5) is 0 Å². The second-order valence-electron chi connectivity index (χ2n) is 3.84. The summed E-state index contributed by atoms with van der Waals surface area (Å²) in [5.74, 6) is 2.12. The minimum Gasteiger partial charge on any atom is -0.218 e. The first kappa shape index (κ1) is 9.84. The van der Waals surface area contributed by atoms with Crippen molar-refractivity contribution < 1.29 is 0 Å². The Hall–Kier alpha value is -0.700. The Balaban J connectivity index is 2.21. The number of halogens is 1. The van der Waals surface area contributed by atoms with Gasteiger partial charge in [-0.1, -0.05) is 19.3 Å². The smallest absolute Gasteiger partial charge is 0.218 e. The number of aryl methyl sites for hydroxylation is 1. The number of hydrogen-bond donors (Lipinski definition) is 0. The summed E-state index contributed by atoms with van der Waals surface area (Å²) in [5.41, 5.74) is 0. The fourth-order valence-corrected chi connectivity index (χ4v) is 2.22. The van der Waals surface area contributed by atoms with Gasteiger partial charge in [-0.25, -0.2) is 15.0 Å². The standard InChI is InChI=1S/C10H14ClN3/c1-7-12-9(14-10(11)13-7)8-5-3-2-4-6-8/h8H,2-6H2,1H3. The second kappa shape index (κ2) is 4.22. The molecule has 0 aromatic carbocycles. The average molecular weight is 212 g/mol. The van der Waals surface area contributed by atoms with Gasteiger partial charge in [-0.3, -0.25) is 0 Å². The molecule has 1 saturated carbocycles. The van der Waals surface area contributed by atoms with Crippen LogP contribution in [0, 0.1) is 6.92 Å². The van der Waals surface area contributed by atoms with E-state index in [2.05, 4.69) is 15.0 Å². The van der Waals surface area contributed by atoms with Crippen LogP contribution in [0.3, 0.4) is 0 Å². The van der Waals surface area contributed by atoms with Crippen LogP contribution in [0.5, 0.6) is 0 Å². The molecular weight excluding hydrogens is 198 g/mol. The molecule has 0 spiro atoms. The monoisotopic (exact) mass is 211 g/mol. The lowest BCUT2D eigenvalue weighted by Gasteiger charge is -2.19. The number of hydrogen-bond acceptors (Lipinski definition) is 3. The average Bonchev–Trinajstić information content (AvgIpc) is 2.18. The van der Waals surface area contributed by atoms with Crippen molar-refractivity contribution in [2.45, 2.75) is 44.9 Å². The SMILES string of the molecule is Cc1nc(Cl)nc(C2CCCCC2)n1. The number of nitrogens with zero attached hydrogens (tertiary/aromatic N) is 3. The topological polar surface area (TPSA) is 38.7 Å². The normalized spacial score (nSPS) is 18.4. The highest BCUT2D eigenvalue weighted by Crippen LogP contribution is 2.30. The zero-order valence-corrected chi connectivity index (χ0v) is 9.09. The molecule has 3 nitrogen and oxygen atoms in total. The van der Waals surface area contributed by atoms with Crippen molar-refractivity contribution in [2.24, 2.45) is 0 Å².